The minimum absolute atomic E-state index is 0.0341. The van der Waals surface area contributed by atoms with Gasteiger partial charge in [0.05, 0.1) is 6.04 Å². The summed E-state index contributed by atoms with van der Waals surface area (Å²) in [6.07, 6.45) is 0.391. The number of nitrogens with two attached hydrogens (primary N) is 1. The van der Waals surface area contributed by atoms with E-state index < -0.39 is 5.60 Å². The zero-order valence-electron chi connectivity index (χ0n) is 13.6. The van der Waals surface area contributed by atoms with Gasteiger partial charge >= 0.3 is 6.09 Å². The number of halogens is 2. The minimum Gasteiger partial charge on any atom is -0.444 e. The van der Waals surface area contributed by atoms with Crippen molar-refractivity contribution in [3.05, 3.63) is 34.6 Å². The lowest BCUT2D eigenvalue weighted by atomic mass is 9.92. The van der Waals surface area contributed by atoms with Gasteiger partial charge in [0.1, 0.15) is 11.4 Å². The van der Waals surface area contributed by atoms with Crippen LogP contribution in [0.4, 0.5) is 9.18 Å². The molecule has 3 N–H and O–H groups in total. The highest BCUT2D eigenvalue weighted by molar-refractivity contribution is 6.31. The molecule has 0 saturated carbocycles. The van der Waals surface area contributed by atoms with Crippen molar-refractivity contribution in [1.82, 2.24) is 10.3 Å². The lowest BCUT2D eigenvalue weighted by molar-refractivity contribution is 0.0285. The largest absolute Gasteiger partial charge is 0.444 e. The highest BCUT2D eigenvalue weighted by atomic mass is 35.5. The predicted octanol–water partition coefficient (Wildman–Crippen LogP) is 3.24. The molecule has 0 radical (unpaired) electrons. The summed E-state index contributed by atoms with van der Waals surface area (Å²) >= 11 is 6.17. The first-order valence-corrected chi connectivity index (χ1v) is 7.98. The van der Waals surface area contributed by atoms with E-state index in [9.17, 15) is 9.18 Å². The molecule has 1 aromatic carbocycles. The number of rotatable bonds is 3. The van der Waals surface area contributed by atoms with E-state index in [4.69, 9.17) is 22.2 Å². The van der Waals surface area contributed by atoms with Crippen molar-refractivity contribution in [2.24, 2.45) is 11.8 Å². The lowest BCUT2D eigenvalue weighted by Gasteiger charge is -2.26. The Balaban J connectivity index is 2.10. The molecular weight excluding hydrogens is 321 g/mol. The first-order chi connectivity index (χ1) is 10.7. The minimum atomic E-state index is -0.535. The van der Waals surface area contributed by atoms with Crippen LogP contribution in [0.15, 0.2) is 18.2 Å². The molecule has 7 heteroatoms. The monoisotopic (exact) mass is 343 g/mol. The number of hydrogen-bond donors (Lipinski definition) is 2. The number of ether oxygens (including phenoxy) is 1. The van der Waals surface area contributed by atoms with Crippen LogP contribution in [0.1, 0.15) is 38.8 Å². The standard InChI is InChI=1S/C16H23ClFN3O2/c1-16(2,3)23-15(22)21-7-6-10(9-21)14(20-19)12-8-11(18)4-5-13(12)17/h4-5,8,10,14,20H,6-7,9,19H2,1-3H3. The Morgan fingerprint density at radius 1 is 1.52 bits per heavy atom. The molecule has 1 aliphatic rings. The molecule has 1 fully saturated rings. The van der Waals surface area contributed by atoms with Crippen molar-refractivity contribution < 1.29 is 13.9 Å². The molecule has 1 amide bonds. The highest BCUT2D eigenvalue weighted by Gasteiger charge is 2.35. The van der Waals surface area contributed by atoms with Crippen LogP contribution >= 0.6 is 11.6 Å². The van der Waals surface area contributed by atoms with Crippen molar-refractivity contribution in [2.45, 2.75) is 38.8 Å². The molecule has 0 aliphatic carbocycles. The Hall–Kier alpha value is -1.37. The van der Waals surface area contributed by atoms with Gasteiger partial charge in [-0.15, -0.1) is 0 Å². The molecule has 1 heterocycles. The summed E-state index contributed by atoms with van der Waals surface area (Å²) in [6.45, 7) is 6.54. The quantitative estimate of drug-likeness (QED) is 0.653. The Morgan fingerprint density at radius 2 is 2.22 bits per heavy atom. The zero-order valence-corrected chi connectivity index (χ0v) is 14.4. The number of nitrogens with zero attached hydrogens (tertiary/aromatic N) is 1. The summed E-state index contributed by atoms with van der Waals surface area (Å²) in [4.78, 5) is 13.8. The Labute approximate surface area is 140 Å². The summed E-state index contributed by atoms with van der Waals surface area (Å²) in [5, 5.41) is 0.449. The van der Waals surface area contributed by atoms with Crippen molar-refractivity contribution in [3.8, 4) is 0 Å². The molecule has 0 aromatic heterocycles. The van der Waals surface area contributed by atoms with E-state index in [0.717, 1.165) is 6.42 Å². The number of hydrogen-bond acceptors (Lipinski definition) is 4. The first-order valence-electron chi connectivity index (χ1n) is 7.60. The molecule has 2 unspecified atom stereocenters. The van der Waals surface area contributed by atoms with Gasteiger partial charge in [-0.1, -0.05) is 11.6 Å². The van der Waals surface area contributed by atoms with Gasteiger partial charge < -0.3 is 9.64 Å². The second-order valence-corrected chi connectivity index (χ2v) is 7.19. The summed E-state index contributed by atoms with van der Waals surface area (Å²) in [5.74, 6) is 5.33. The molecule has 1 aliphatic heterocycles. The van der Waals surface area contributed by atoms with Gasteiger partial charge in [0.15, 0.2) is 0 Å². The number of hydrazine groups is 1. The van der Waals surface area contributed by atoms with Crippen LogP contribution in [-0.2, 0) is 4.74 Å². The van der Waals surface area contributed by atoms with Crippen LogP contribution < -0.4 is 11.3 Å². The summed E-state index contributed by atoms with van der Waals surface area (Å²) < 4.78 is 18.9. The van der Waals surface area contributed by atoms with E-state index in [1.54, 1.807) is 4.90 Å². The summed E-state index contributed by atoms with van der Waals surface area (Å²) in [5.41, 5.74) is 2.77. The Bertz CT molecular complexity index is 577. The van der Waals surface area contributed by atoms with Crippen molar-refractivity contribution >= 4 is 17.7 Å². The highest BCUT2D eigenvalue weighted by Crippen LogP contribution is 2.34. The van der Waals surface area contributed by atoms with Crippen LogP contribution in [0, 0.1) is 11.7 Å². The summed E-state index contributed by atoms with van der Waals surface area (Å²) in [7, 11) is 0. The van der Waals surface area contributed by atoms with Gasteiger partial charge in [0, 0.05) is 18.1 Å². The number of carbonyl (C=O) groups is 1. The SMILES string of the molecule is CC(C)(C)OC(=O)N1CCC(C(NN)c2cc(F)ccc2Cl)C1. The second kappa shape index (κ2) is 7.03. The maximum atomic E-state index is 13.5. The molecule has 128 valence electrons. The average molecular weight is 344 g/mol. The molecule has 1 saturated heterocycles. The molecular formula is C16H23ClFN3O2. The van der Waals surface area contributed by atoms with Crippen LogP contribution in [0.25, 0.3) is 0 Å². The van der Waals surface area contributed by atoms with E-state index in [2.05, 4.69) is 5.43 Å². The molecule has 23 heavy (non-hydrogen) atoms. The van der Waals surface area contributed by atoms with Gasteiger partial charge in [-0.2, -0.15) is 0 Å². The van der Waals surface area contributed by atoms with Crippen molar-refractivity contribution in [2.75, 3.05) is 13.1 Å². The average Bonchev–Trinajstić information content (AvgIpc) is 2.91. The Kier molecular flexibility index (Phi) is 5.49. The fourth-order valence-corrected chi connectivity index (χ4v) is 3.02. The number of nitrogens with one attached hydrogen (secondary N) is 1. The third-order valence-corrected chi connectivity index (χ3v) is 4.16. The van der Waals surface area contributed by atoms with E-state index in [-0.39, 0.29) is 23.9 Å². The van der Waals surface area contributed by atoms with Crippen LogP contribution in [-0.4, -0.2) is 29.7 Å². The molecule has 2 atom stereocenters. The maximum Gasteiger partial charge on any atom is 0.410 e. The molecule has 0 spiro atoms. The third kappa shape index (κ3) is 4.56. The number of likely N-dealkylation sites (tertiary alicyclic amines) is 1. The van der Waals surface area contributed by atoms with Crippen molar-refractivity contribution in [3.63, 3.8) is 0 Å². The second-order valence-electron chi connectivity index (χ2n) is 6.79. The number of amides is 1. The van der Waals surface area contributed by atoms with E-state index in [1.165, 1.54) is 18.2 Å². The van der Waals surface area contributed by atoms with Gasteiger partial charge in [0.25, 0.3) is 0 Å². The molecule has 0 bridgehead atoms. The topological polar surface area (TPSA) is 67.6 Å². The van der Waals surface area contributed by atoms with Gasteiger partial charge in [-0.25, -0.2) is 9.18 Å². The smallest absolute Gasteiger partial charge is 0.410 e. The van der Waals surface area contributed by atoms with Gasteiger partial charge in [-0.05, 0) is 56.9 Å². The maximum absolute atomic E-state index is 13.5. The predicted molar refractivity (Wildman–Crippen MR) is 87.4 cm³/mol. The summed E-state index contributed by atoms with van der Waals surface area (Å²) in [6, 6.07) is 3.87. The van der Waals surface area contributed by atoms with E-state index in [1.807, 2.05) is 20.8 Å². The fraction of sp³-hybridized carbons (Fsp3) is 0.562. The fourth-order valence-electron chi connectivity index (χ4n) is 2.78. The Morgan fingerprint density at radius 3 is 2.83 bits per heavy atom. The van der Waals surface area contributed by atoms with Crippen LogP contribution in [0.2, 0.25) is 5.02 Å². The molecule has 2 rings (SSSR count). The van der Waals surface area contributed by atoms with Crippen molar-refractivity contribution in [1.29, 1.82) is 0 Å². The van der Waals surface area contributed by atoms with Gasteiger partial charge in [-0.3, -0.25) is 11.3 Å². The normalized spacial score (nSPS) is 19.7. The zero-order chi connectivity index (χ0) is 17.2. The van der Waals surface area contributed by atoms with Crippen LogP contribution in [0.3, 0.4) is 0 Å². The first kappa shape index (κ1) is 18.0. The number of benzene rings is 1. The third-order valence-electron chi connectivity index (χ3n) is 3.82. The number of carbonyl (C=O) groups excluding carboxylic acids is 1. The lowest BCUT2D eigenvalue weighted by Crippen LogP contribution is -2.38. The van der Waals surface area contributed by atoms with Gasteiger partial charge in [0.2, 0.25) is 0 Å². The molecule has 5 nitrogen and oxygen atoms in total. The molecule has 1 aromatic rings. The van der Waals surface area contributed by atoms with Crippen LogP contribution in [0.5, 0.6) is 0 Å². The van der Waals surface area contributed by atoms with E-state index >= 15 is 0 Å². The van der Waals surface area contributed by atoms with E-state index in [0.29, 0.717) is 23.7 Å².